The van der Waals surface area contributed by atoms with Gasteiger partial charge in [0.1, 0.15) is 24.6 Å². The van der Waals surface area contributed by atoms with Crippen molar-refractivity contribution in [1.82, 2.24) is 5.09 Å². The number of hydrogen-bond donors (Lipinski definition) is 6. The smallest absolute Gasteiger partial charge is 0.287 e. The Hall–Kier alpha value is -0.670. The summed E-state index contributed by atoms with van der Waals surface area (Å²) in [5, 5.41) is 29.5. The number of aliphatic hydroxyl groups excluding tert-OH is 3. The van der Waals surface area contributed by atoms with E-state index in [0.717, 1.165) is 6.92 Å². The van der Waals surface area contributed by atoms with Crippen LogP contribution in [0.2, 0.25) is 0 Å². The second kappa shape index (κ2) is 8.44. The molecular weight excluding hydrogens is 267 g/mol. The van der Waals surface area contributed by atoms with E-state index >= 15 is 0 Å². The third-order valence-electron chi connectivity index (χ3n) is 1.93. The number of carbonyl (C=O) groups is 2. The molecule has 0 bridgehead atoms. The number of rotatable bonds is 8. The van der Waals surface area contributed by atoms with Crippen molar-refractivity contribution >= 4 is 20.7 Å². The fourth-order valence-corrected chi connectivity index (χ4v) is 1.86. The Labute approximate surface area is 105 Å². The molecule has 5 atom stereocenters. The maximum atomic E-state index is 10.6. The van der Waals surface area contributed by atoms with Crippen molar-refractivity contribution in [1.29, 1.82) is 0 Å². The van der Waals surface area contributed by atoms with Crippen molar-refractivity contribution in [3.63, 3.8) is 0 Å². The predicted octanol–water partition coefficient (Wildman–Crippen LogP) is -3.03. The molecule has 1 unspecified atom stereocenters. The summed E-state index contributed by atoms with van der Waals surface area (Å²) in [5.41, 5.74) is 5.33. The molecule has 1 amide bonds. The summed E-state index contributed by atoms with van der Waals surface area (Å²) in [6, 6.07) is -1.34. The Morgan fingerprint density at radius 3 is 2.50 bits per heavy atom. The first-order valence-electron chi connectivity index (χ1n) is 4.94. The van der Waals surface area contributed by atoms with Gasteiger partial charge in [0.05, 0.1) is 12.6 Å². The lowest BCUT2D eigenvalue weighted by molar-refractivity contribution is -0.118. The number of hydrogen-bond acceptors (Lipinski definition) is 8. The maximum absolute atomic E-state index is 10.6. The van der Waals surface area contributed by atoms with Crippen molar-refractivity contribution in [2.45, 2.75) is 31.3 Å². The van der Waals surface area contributed by atoms with Crippen molar-refractivity contribution in [2.75, 3.05) is 6.61 Å². The van der Waals surface area contributed by atoms with Gasteiger partial charge in [-0.15, -0.1) is 0 Å². The highest BCUT2D eigenvalue weighted by molar-refractivity contribution is 7.44. The minimum Gasteiger partial charge on any atom is -0.394 e. The molecule has 0 aliphatic rings. The molecular formula is C8H17N2O7P. The Balaban J connectivity index is 4.68. The fourth-order valence-electron chi connectivity index (χ4n) is 1.04. The van der Waals surface area contributed by atoms with Crippen molar-refractivity contribution in [2.24, 2.45) is 5.73 Å². The van der Waals surface area contributed by atoms with Crippen molar-refractivity contribution in [3.8, 4) is 0 Å². The zero-order valence-electron chi connectivity index (χ0n) is 9.63. The van der Waals surface area contributed by atoms with Gasteiger partial charge >= 0.3 is 0 Å². The van der Waals surface area contributed by atoms with Crippen LogP contribution in [0.4, 0.5) is 0 Å². The van der Waals surface area contributed by atoms with E-state index in [-0.39, 0.29) is 6.29 Å². The molecule has 7 N–H and O–H groups in total. The highest BCUT2D eigenvalue weighted by Crippen LogP contribution is 2.30. The molecule has 0 saturated heterocycles. The molecule has 0 saturated carbocycles. The molecule has 10 heteroatoms. The summed E-state index contributed by atoms with van der Waals surface area (Å²) in [6.07, 6.45) is -4.51. The lowest BCUT2D eigenvalue weighted by atomic mass is 10.0. The monoisotopic (exact) mass is 284 g/mol. The molecule has 0 rings (SSSR count). The Bertz CT molecular complexity index is 280. The Morgan fingerprint density at radius 2 is 2.11 bits per heavy atom. The number of aliphatic hydroxyl groups is 3. The zero-order chi connectivity index (χ0) is 14.3. The molecule has 106 valence electrons. The normalized spacial score (nSPS) is 19.4. The zero-order valence-corrected chi connectivity index (χ0v) is 10.5. The van der Waals surface area contributed by atoms with Gasteiger partial charge in [-0.3, -0.25) is 9.88 Å². The van der Waals surface area contributed by atoms with Crippen LogP contribution in [0, 0.1) is 0 Å². The van der Waals surface area contributed by atoms with Crippen LogP contribution in [-0.2, 0) is 14.1 Å². The number of nitrogens with two attached hydrogens (primary N) is 1. The first kappa shape index (κ1) is 17.3. The minimum absolute atomic E-state index is 0.245. The summed E-state index contributed by atoms with van der Waals surface area (Å²) in [6.45, 7) is 0.346. The van der Waals surface area contributed by atoms with Crippen LogP contribution in [0.5, 0.6) is 0 Å². The fraction of sp³-hybridized carbons (Fsp3) is 0.750. The van der Waals surface area contributed by atoms with Crippen LogP contribution in [-0.4, -0.2) is 63.4 Å². The SMILES string of the molecule is CC(=O)NP(O)O[C@@H]([C@@H](O)[C@H](O)CO)[C@@H](N)C=O. The number of nitrogens with one attached hydrogen (secondary N) is 1. The average molecular weight is 284 g/mol. The van der Waals surface area contributed by atoms with Gasteiger partial charge in [-0.2, -0.15) is 0 Å². The average Bonchev–Trinajstić information content (AvgIpc) is 2.32. The first-order chi connectivity index (χ1) is 8.33. The number of carbonyl (C=O) groups excluding carboxylic acids is 2. The van der Waals surface area contributed by atoms with Crippen LogP contribution >= 0.6 is 8.53 Å². The lowest BCUT2D eigenvalue weighted by Crippen LogP contribution is -2.51. The molecule has 0 aromatic rings. The van der Waals surface area contributed by atoms with Gasteiger partial charge in [0, 0.05) is 6.92 Å². The van der Waals surface area contributed by atoms with Gasteiger partial charge in [0.2, 0.25) is 5.91 Å². The second-order valence-electron chi connectivity index (χ2n) is 3.46. The predicted molar refractivity (Wildman–Crippen MR) is 61.0 cm³/mol. The molecule has 0 fully saturated rings. The molecule has 9 nitrogen and oxygen atoms in total. The molecule has 0 aliphatic heterocycles. The quantitative estimate of drug-likeness (QED) is 0.202. The molecule has 0 aliphatic carbocycles. The van der Waals surface area contributed by atoms with Gasteiger partial charge in [0.25, 0.3) is 8.53 Å². The molecule has 0 aromatic carbocycles. The summed E-state index contributed by atoms with van der Waals surface area (Å²) < 4.78 is 4.81. The van der Waals surface area contributed by atoms with Crippen molar-refractivity contribution < 1.29 is 34.3 Å². The summed E-state index contributed by atoms with van der Waals surface area (Å²) in [5.74, 6) is -0.584. The Morgan fingerprint density at radius 1 is 1.56 bits per heavy atom. The van der Waals surface area contributed by atoms with Crippen molar-refractivity contribution in [3.05, 3.63) is 0 Å². The topological polar surface area (TPSA) is 162 Å². The molecule has 0 spiro atoms. The van der Waals surface area contributed by atoms with Crippen LogP contribution in [0.3, 0.4) is 0 Å². The third kappa shape index (κ3) is 5.78. The van der Waals surface area contributed by atoms with E-state index in [1.807, 2.05) is 5.09 Å². The van der Waals surface area contributed by atoms with Crippen LogP contribution in [0.1, 0.15) is 6.92 Å². The Kier molecular flexibility index (Phi) is 8.12. The third-order valence-corrected chi connectivity index (χ3v) is 2.88. The first-order valence-corrected chi connectivity index (χ1v) is 6.15. The van der Waals surface area contributed by atoms with E-state index in [1.54, 1.807) is 0 Å². The maximum Gasteiger partial charge on any atom is 0.287 e. The number of amides is 1. The summed E-state index contributed by atoms with van der Waals surface area (Å²) in [4.78, 5) is 30.5. The molecule has 0 radical (unpaired) electrons. The van der Waals surface area contributed by atoms with E-state index in [0.29, 0.717) is 0 Å². The van der Waals surface area contributed by atoms with E-state index in [1.165, 1.54) is 0 Å². The van der Waals surface area contributed by atoms with E-state index in [4.69, 9.17) is 15.4 Å². The lowest BCUT2D eigenvalue weighted by Gasteiger charge is -2.29. The highest BCUT2D eigenvalue weighted by atomic mass is 31.2. The molecule has 0 heterocycles. The van der Waals surface area contributed by atoms with Gasteiger partial charge in [0.15, 0.2) is 0 Å². The second-order valence-corrected chi connectivity index (χ2v) is 4.45. The van der Waals surface area contributed by atoms with Gasteiger partial charge in [-0.25, -0.2) is 0 Å². The van der Waals surface area contributed by atoms with E-state index in [2.05, 4.69) is 0 Å². The molecule has 0 aromatic heterocycles. The van der Waals surface area contributed by atoms with Crippen LogP contribution in [0.15, 0.2) is 0 Å². The standard InChI is InChI=1S/C8H17N2O7P/c1-4(13)10-18(16)17-8(5(9)2-11)7(15)6(14)3-12/h2,5-8,12,14-16H,3,9H2,1H3,(H,10,13)/t5-,6+,7-,8+,18?/m0/s1. The highest BCUT2D eigenvalue weighted by Gasteiger charge is 2.34. The van der Waals surface area contributed by atoms with Crippen LogP contribution < -0.4 is 10.8 Å². The number of aldehydes is 1. The van der Waals surface area contributed by atoms with Gasteiger partial charge < -0.3 is 35.3 Å². The largest absolute Gasteiger partial charge is 0.394 e. The summed E-state index contributed by atoms with van der Waals surface area (Å²) >= 11 is 0. The van der Waals surface area contributed by atoms with Gasteiger partial charge in [-0.1, -0.05) is 0 Å². The van der Waals surface area contributed by atoms with Crippen LogP contribution in [0.25, 0.3) is 0 Å². The summed E-state index contributed by atoms with van der Waals surface area (Å²) in [7, 11) is -2.45. The van der Waals surface area contributed by atoms with E-state index in [9.17, 15) is 24.7 Å². The van der Waals surface area contributed by atoms with E-state index < -0.39 is 45.4 Å². The minimum atomic E-state index is -2.45. The van der Waals surface area contributed by atoms with Gasteiger partial charge in [-0.05, 0) is 0 Å². The molecule has 18 heavy (non-hydrogen) atoms.